The zero-order chi connectivity index (χ0) is 79.6. The molecule has 31 heteroatoms. The molecule has 0 unspecified atom stereocenters. The summed E-state index contributed by atoms with van der Waals surface area (Å²) in [4.78, 5) is 79.0. The van der Waals surface area contributed by atoms with Crippen LogP contribution in [0.15, 0.2) is 102 Å². The molecule has 26 nitrogen and oxygen atoms in total. The molecule has 0 saturated heterocycles. The molecule has 0 bridgehead atoms. The van der Waals surface area contributed by atoms with Crippen molar-refractivity contribution in [1.29, 1.82) is 0 Å². The summed E-state index contributed by atoms with van der Waals surface area (Å²) in [5.41, 5.74) is 22.1. The largest absolute Gasteiger partial charge is 0.469 e. The normalized spacial score (nSPS) is 14.2. The second-order valence-corrected chi connectivity index (χ2v) is 30.6. The monoisotopic (exact) mass is 1700 g/mol. The van der Waals surface area contributed by atoms with Gasteiger partial charge in [-0.1, -0.05) is 53.0 Å². The van der Waals surface area contributed by atoms with Gasteiger partial charge >= 0.3 is 13.1 Å². The van der Waals surface area contributed by atoms with Gasteiger partial charge in [-0.2, -0.15) is 10.2 Å². The van der Waals surface area contributed by atoms with E-state index in [2.05, 4.69) is 159 Å². The van der Waals surface area contributed by atoms with Crippen molar-refractivity contribution in [2.24, 2.45) is 5.73 Å². The highest BCUT2D eigenvalue weighted by molar-refractivity contribution is 14.1. The minimum Gasteiger partial charge on any atom is -0.469 e. The number of nitrogens with two attached hydrogens (primary N) is 1. The number of aromatic nitrogens is 15. The van der Waals surface area contributed by atoms with Gasteiger partial charge in [-0.25, -0.2) is 18.1 Å². The molecule has 14 rings (SSSR count). The van der Waals surface area contributed by atoms with E-state index in [0.717, 1.165) is 89.6 Å². The Morgan fingerprint density at radius 3 is 1.24 bits per heavy atom. The first-order valence-corrected chi connectivity index (χ1v) is 39.4. The summed E-state index contributed by atoms with van der Waals surface area (Å²) in [5, 5.41) is 50.4. The number of aryl methyl sites for hydroxylation is 9. The van der Waals surface area contributed by atoms with E-state index in [1.807, 2.05) is 77.1 Å². The molecule has 0 radical (unpaired) electrons. The maximum absolute atomic E-state index is 14.4. The topological polar surface area (TPSA) is 386 Å². The van der Waals surface area contributed by atoms with Crippen LogP contribution in [0.5, 0.6) is 0 Å². The maximum Gasteiger partial charge on any atom is 0.454 e. The Kier molecular flexibility index (Phi) is 35.6. The molecule has 2 amide bonds. The number of anilines is 1. The smallest absolute Gasteiger partial charge is 0.454 e. The molecule has 0 spiro atoms. The average Bonchev–Trinajstić information content (AvgIpc) is 1.70. The van der Waals surface area contributed by atoms with Gasteiger partial charge in [0.25, 0.3) is 0 Å². The molecule has 9 aromatic heterocycles. The Balaban J connectivity index is 0.000000192. The molecule has 2 atom stereocenters. The van der Waals surface area contributed by atoms with Crippen molar-refractivity contribution in [3.8, 4) is 0 Å². The van der Waals surface area contributed by atoms with Crippen molar-refractivity contribution in [2.45, 2.75) is 239 Å². The van der Waals surface area contributed by atoms with Gasteiger partial charge in [0.2, 0.25) is 11.8 Å². The number of rotatable bonds is 26. The van der Waals surface area contributed by atoms with Crippen molar-refractivity contribution >= 4 is 80.8 Å². The van der Waals surface area contributed by atoms with Gasteiger partial charge in [-0.15, -0.1) is 20.4 Å². The molecular weight excluding hydrogens is 1600 g/mol. The number of alkyl halides is 2. The Hall–Kier alpha value is -9.05. The lowest BCUT2D eigenvalue weighted by atomic mass is 9.84. The summed E-state index contributed by atoms with van der Waals surface area (Å²) in [6, 6.07) is 27.8. The van der Waals surface area contributed by atoms with Crippen molar-refractivity contribution < 1.29 is 47.5 Å². The summed E-state index contributed by atoms with van der Waals surface area (Å²) in [6.45, 7) is 17.6. The van der Waals surface area contributed by atoms with Crippen molar-refractivity contribution in [3.05, 3.63) is 207 Å². The number of carbonyl (C=O) groups is 5. The zero-order valence-corrected chi connectivity index (χ0v) is 68.8. The Morgan fingerprint density at radius 2 is 0.910 bits per heavy atom. The third kappa shape index (κ3) is 33.4. The zero-order valence-electron chi connectivity index (χ0n) is 65.1. The van der Waals surface area contributed by atoms with Crippen LogP contribution in [0.3, 0.4) is 0 Å². The van der Waals surface area contributed by atoms with Crippen LogP contribution in [0.1, 0.15) is 239 Å². The quantitative estimate of drug-likeness (QED) is 0.0145. The van der Waals surface area contributed by atoms with Gasteiger partial charge in [0.15, 0.2) is 17.4 Å². The first-order valence-electron chi connectivity index (χ1n) is 37.5. The summed E-state index contributed by atoms with van der Waals surface area (Å²) >= 11 is 5.44. The number of halogens is 4. The molecule has 5 saturated carbocycles. The van der Waals surface area contributed by atoms with Crippen LogP contribution in [0.2, 0.25) is 5.82 Å². The highest BCUT2D eigenvalue weighted by Crippen LogP contribution is 2.43. The first kappa shape index (κ1) is 89.2. The van der Waals surface area contributed by atoms with Crippen LogP contribution >= 0.6 is 38.5 Å². The Bertz CT molecular complexity index is 4450. The molecule has 592 valence electrons. The predicted molar refractivity (Wildman–Crippen MR) is 432 cm³/mol. The summed E-state index contributed by atoms with van der Waals surface area (Å²) in [5.74, 6) is 2.44. The lowest BCUT2D eigenvalue weighted by Crippen LogP contribution is -2.17. The first-order chi connectivity index (χ1) is 52.5. The number of pyridine rings is 5. The molecular formula is C80H103BBrF2IN18O8. The number of Topliss-reactive ketones (excluding diaryl/α,β-unsaturated/α-hetero) is 2. The van der Waals surface area contributed by atoms with Crippen LogP contribution in [0.4, 0.5) is 14.6 Å². The van der Waals surface area contributed by atoms with Gasteiger partial charge in [0.1, 0.15) is 27.4 Å². The van der Waals surface area contributed by atoms with E-state index in [1.54, 1.807) is 26.0 Å². The van der Waals surface area contributed by atoms with E-state index in [4.69, 9.17) is 15.8 Å². The van der Waals surface area contributed by atoms with Crippen LogP contribution in [-0.2, 0) is 64.3 Å². The second-order valence-electron chi connectivity index (χ2n) is 28.6. The molecule has 5 aliphatic carbocycles. The molecule has 8 N–H and O–H groups in total. The van der Waals surface area contributed by atoms with E-state index in [0.29, 0.717) is 61.4 Å². The van der Waals surface area contributed by atoms with Crippen LogP contribution in [0.25, 0.3) is 0 Å². The molecule has 0 aliphatic heterocycles. The maximum atomic E-state index is 14.4. The number of carbonyl (C=O) groups excluding carboxylic acids is 5. The molecule has 5 aliphatic rings. The second kappa shape index (κ2) is 44.3. The van der Waals surface area contributed by atoms with E-state index in [1.165, 1.54) is 102 Å². The van der Waals surface area contributed by atoms with Crippen LogP contribution in [-0.4, -0.2) is 141 Å². The lowest BCUT2D eigenvalue weighted by Gasteiger charge is -2.08. The predicted octanol–water partition coefficient (Wildman–Crippen LogP) is 13.7. The SMILES string of the molecule is CCC(=O)c1cn(C[C@H](F)CCc2ccc(I)nn2)nn1.CCC(=O)c1cn(C[C@H](F)CCc2ccc(NC(=O)Cc3cc(C4CC4)cc(C)n3)nn2)nn1.COC(=O)Cc1cc(C2CC2)cc(C)n1.Cc1cc(Br)cc(C)n1.Cc1cc(C2CC2)cc(C)n1.Cc1cc(C2CC2)cc(CC(N)=O)n1.N.OB(O)C1CC1. The van der Waals surface area contributed by atoms with Crippen molar-refractivity contribution in [2.75, 3.05) is 12.4 Å². The molecule has 9 heterocycles. The van der Waals surface area contributed by atoms with Crippen LogP contribution < -0.4 is 17.2 Å². The van der Waals surface area contributed by atoms with Gasteiger partial charge in [0.05, 0.1) is 80.3 Å². The Labute approximate surface area is 670 Å². The lowest BCUT2D eigenvalue weighted by molar-refractivity contribution is -0.139. The minimum absolute atomic E-state index is 0. The number of ketones is 2. The van der Waals surface area contributed by atoms with E-state index in [9.17, 15) is 32.8 Å². The molecule has 5 fully saturated rings. The fourth-order valence-electron chi connectivity index (χ4n) is 11.6. The van der Waals surface area contributed by atoms with Gasteiger partial charge < -0.3 is 32.0 Å². The number of esters is 1. The number of nitrogens with one attached hydrogen (secondary N) is 1. The molecule has 9 aromatic rings. The van der Waals surface area contributed by atoms with Gasteiger partial charge in [-0.05, 0) is 285 Å². The van der Waals surface area contributed by atoms with Gasteiger partial charge in [0, 0.05) is 57.2 Å². The summed E-state index contributed by atoms with van der Waals surface area (Å²) < 4.78 is 37.5. The van der Waals surface area contributed by atoms with E-state index in [-0.39, 0.29) is 91.5 Å². The third-order valence-corrected chi connectivity index (χ3v) is 18.9. The summed E-state index contributed by atoms with van der Waals surface area (Å²) in [6.07, 6.45) is 15.7. The fraction of sp³-hybridized carbons (Fsp3) is 0.475. The van der Waals surface area contributed by atoms with Crippen LogP contribution in [0, 0.1) is 52.2 Å². The van der Waals surface area contributed by atoms with E-state index < -0.39 is 19.5 Å². The van der Waals surface area contributed by atoms with Crippen molar-refractivity contribution in [3.63, 3.8) is 0 Å². The molecule has 0 aromatic carbocycles. The Morgan fingerprint density at radius 1 is 0.532 bits per heavy atom. The standard InChI is InChI=1S/C24H28FN7O2.C13H15FIN5O.C12H15NO2.C11H14N2O.C10H13N.C7H8BrN.C3H7BO2.H3N/c1-3-22(33)21-14-32(31-29-21)13-18(25)6-7-19-8-9-23(30-28-19)27-24(34)12-20-11-17(16-4-5-16)10-15(2)26-20;1-2-12(21)11-8-20(19-17-11)7-9(14)3-4-10-5-6-13(15)18-16-10;1-8-5-10(9-3-4-9)6-11(13-8)7-12(14)15-2;1-7-4-9(8-2-3-8)5-10(13-7)6-11(12)14;1-7-5-10(9-3-4-9)6-8(2)11-7;1-5-3-7(8)4-6(2)9-5;5-4(6)3-1-2-3;/h8-11,14,16,18H,3-7,12-13H2,1-2H3,(H,27,30,34);5-6,8-9H,2-4,7H2,1H3;5-6,9H,3-4,7H2,1-2H3;4-5,8H,2-3,6H2,1H3,(H2,12,14);5-6,9H,3-4H2,1-2H3;3-4H,1-2H3;3,5-6H,1-2H2;1H3/t18-;9-;;;;;;/m11....../s1. The third-order valence-electron chi connectivity index (χ3n) is 17.9. The summed E-state index contributed by atoms with van der Waals surface area (Å²) in [7, 11) is 0.366. The number of hydrogen-bond donors (Lipinski definition) is 5. The van der Waals surface area contributed by atoms with Gasteiger partial charge in [-0.3, -0.25) is 48.9 Å². The number of nitrogens with zero attached hydrogens (tertiary/aromatic N) is 15. The fourth-order valence-corrected chi connectivity index (χ4v) is 12.6. The number of ether oxygens (including phenoxy) is 1. The number of hydrogen-bond acceptors (Lipinski definition) is 22. The number of amides is 2. The average molecular weight is 1700 g/mol. The highest BCUT2D eigenvalue weighted by Gasteiger charge is 2.33. The number of primary amides is 1. The molecule has 111 heavy (non-hydrogen) atoms. The van der Waals surface area contributed by atoms with Crippen molar-refractivity contribution in [1.82, 2.24) is 81.5 Å². The van der Waals surface area contributed by atoms with E-state index >= 15 is 0 Å². The highest BCUT2D eigenvalue weighted by atomic mass is 127. The number of methoxy groups -OCH3 is 1. The minimum atomic E-state index is -1.17.